The second kappa shape index (κ2) is 7.66. The number of urea groups is 1. The van der Waals surface area contributed by atoms with Gasteiger partial charge in [0.2, 0.25) is 0 Å². The molecule has 2 aromatic rings. The summed E-state index contributed by atoms with van der Waals surface area (Å²) in [5, 5.41) is 15.9. The van der Waals surface area contributed by atoms with E-state index in [9.17, 15) is 4.79 Å². The smallest absolute Gasteiger partial charge is 0.322 e. The summed E-state index contributed by atoms with van der Waals surface area (Å²) in [4.78, 5) is 13.9. The molecule has 21 heavy (non-hydrogen) atoms. The molecule has 112 valence electrons. The van der Waals surface area contributed by atoms with E-state index in [1.807, 2.05) is 29.0 Å². The van der Waals surface area contributed by atoms with Gasteiger partial charge in [-0.2, -0.15) is 11.3 Å². The molecule has 1 aromatic heterocycles. The molecule has 1 heterocycles. The van der Waals surface area contributed by atoms with Crippen LogP contribution in [0.15, 0.2) is 41.1 Å². The van der Waals surface area contributed by atoms with Crippen LogP contribution in [0.3, 0.4) is 0 Å². The van der Waals surface area contributed by atoms with E-state index in [-0.39, 0.29) is 19.2 Å². The van der Waals surface area contributed by atoms with Gasteiger partial charge in [0.15, 0.2) is 0 Å². The van der Waals surface area contributed by atoms with E-state index in [0.717, 1.165) is 5.56 Å². The Balaban J connectivity index is 2.03. The highest BCUT2D eigenvalue weighted by Gasteiger charge is 2.14. The fraction of sp³-hybridized carbons (Fsp3) is 0.267. The first-order valence-corrected chi connectivity index (χ1v) is 7.49. The maximum atomic E-state index is 12.3. The first-order valence-electron chi connectivity index (χ1n) is 6.55. The molecular weight excluding hydrogens is 288 g/mol. The van der Waals surface area contributed by atoms with Gasteiger partial charge in [0.05, 0.1) is 13.7 Å². The lowest BCUT2D eigenvalue weighted by atomic mass is 10.3. The number of benzene rings is 1. The van der Waals surface area contributed by atoms with Crippen LogP contribution in [0.1, 0.15) is 5.56 Å². The Morgan fingerprint density at radius 3 is 2.95 bits per heavy atom. The number of nitrogens with zero attached hydrogens (tertiary/aromatic N) is 1. The lowest BCUT2D eigenvalue weighted by Crippen LogP contribution is -2.36. The van der Waals surface area contributed by atoms with E-state index < -0.39 is 0 Å². The quantitative estimate of drug-likeness (QED) is 0.862. The van der Waals surface area contributed by atoms with Gasteiger partial charge >= 0.3 is 6.03 Å². The predicted molar refractivity (Wildman–Crippen MR) is 83.8 cm³/mol. The summed E-state index contributed by atoms with van der Waals surface area (Å²) in [5.74, 6) is 0.680. The van der Waals surface area contributed by atoms with Crippen molar-refractivity contribution in [3.05, 3.63) is 46.7 Å². The van der Waals surface area contributed by atoms with Crippen molar-refractivity contribution in [3.8, 4) is 5.75 Å². The van der Waals surface area contributed by atoms with Gasteiger partial charge in [-0.25, -0.2) is 4.79 Å². The lowest BCUT2D eigenvalue weighted by Gasteiger charge is -2.22. The average molecular weight is 306 g/mol. The summed E-state index contributed by atoms with van der Waals surface area (Å²) in [6.07, 6.45) is 0. The van der Waals surface area contributed by atoms with Gasteiger partial charge in [-0.3, -0.25) is 0 Å². The standard InChI is InChI=1S/C15H18N2O3S/c1-20-14-4-2-3-13(9-14)16-15(19)17(6-7-18)10-12-5-8-21-11-12/h2-5,8-9,11,18H,6-7,10H2,1H3,(H,16,19). The van der Waals surface area contributed by atoms with Gasteiger partial charge in [-0.05, 0) is 34.5 Å². The van der Waals surface area contributed by atoms with Crippen LogP contribution in [-0.4, -0.2) is 36.3 Å². The van der Waals surface area contributed by atoms with Crippen molar-refractivity contribution in [2.45, 2.75) is 6.54 Å². The number of carbonyl (C=O) groups is 1. The number of amides is 2. The van der Waals surface area contributed by atoms with Crippen LogP contribution in [0, 0.1) is 0 Å². The number of carbonyl (C=O) groups excluding carboxylic acids is 1. The van der Waals surface area contributed by atoms with Gasteiger partial charge < -0.3 is 20.1 Å². The Hall–Kier alpha value is -2.05. The zero-order chi connectivity index (χ0) is 15.1. The minimum atomic E-state index is -0.247. The first-order chi connectivity index (χ1) is 10.2. The largest absolute Gasteiger partial charge is 0.497 e. The van der Waals surface area contributed by atoms with E-state index in [4.69, 9.17) is 9.84 Å². The highest BCUT2D eigenvalue weighted by molar-refractivity contribution is 7.07. The van der Waals surface area contributed by atoms with Crippen LogP contribution in [0.5, 0.6) is 5.75 Å². The van der Waals surface area contributed by atoms with Crippen molar-refractivity contribution in [2.24, 2.45) is 0 Å². The van der Waals surface area contributed by atoms with Crippen LogP contribution in [-0.2, 0) is 6.54 Å². The van der Waals surface area contributed by atoms with E-state index in [2.05, 4.69) is 5.32 Å². The lowest BCUT2D eigenvalue weighted by molar-refractivity contribution is 0.185. The monoisotopic (exact) mass is 306 g/mol. The number of methoxy groups -OCH3 is 1. The highest BCUT2D eigenvalue weighted by atomic mass is 32.1. The summed E-state index contributed by atoms with van der Waals surface area (Å²) < 4.78 is 5.13. The Bertz CT molecular complexity index is 572. The van der Waals surface area contributed by atoms with Crippen molar-refractivity contribution in [1.29, 1.82) is 0 Å². The van der Waals surface area contributed by atoms with Crippen LogP contribution < -0.4 is 10.1 Å². The summed E-state index contributed by atoms with van der Waals surface area (Å²) >= 11 is 1.58. The molecule has 0 bridgehead atoms. The minimum absolute atomic E-state index is 0.0737. The average Bonchev–Trinajstić information content (AvgIpc) is 3.00. The molecule has 6 heteroatoms. The SMILES string of the molecule is COc1cccc(NC(=O)N(CCO)Cc2ccsc2)c1. The molecule has 0 aliphatic heterocycles. The number of ether oxygens (including phenoxy) is 1. The number of aliphatic hydroxyl groups excluding tert-OH is 1. The molecule has 5 nitrogen and oxygen atoms in total. The Morgan fingerprint density at radius 1 is 1.43 bits per heavy atom. The van der Waals surface area contributed by atoms with Crippen molar-refractivity contribution < 1.29 is 14.6 Å². The van der Waals surface area contributed by atoms with Crippen molar-refractivity contribution in [3.63, 3.8) is 0 Å². The fourth-order valence-electron chi connectivity index (χ4n) is 1.88. The van der Waals surface area contributed by atoms with Crippen molar-refractivity contribution in [2.75, 3.05) is 25.6 Å². The molecular formula is C15H18N2O3S. The Labute approximate surface area is 127 Å². The fourth-order valence-corrected chi connectivity index (χ4v) is 2.54. The van der Waals surface area contributed by atoms with Gasteiger partial charge in [-0.15, -0.1) is 0 Å². The third kappa shape index (κ3) is 4.47. The van der Waals surface area contributed by atoms with Gasteiger partial charge in [-0.1, -0.05) is 6.07 Å². The number of hydrogen-bond donors (Lipinski definition) is 2. The molecule has 0 saturated carbocycles. The summed E-state index contributed by atoms with van der Waals surface area (Å²) in [6.45, 7) is 0.682. The maximum Gasteiger partial charge on any atom is 0.322 e. The summed E-state index contributed by atoms with van der Waals surface area (Å²) in [7, 11) is 1.58. The Kier molecular flexibility index (Phi) is 5.59. The zero-order valence-electron chi connectivity index (χ0n) is 11.8. The van der Waals surface area contributed by atoms with Crippen molar-refractivity contribution in [1.82, 2.24) is 4.90 Å². The molecule has 2 amide bonds. The molecule has 0 saturated heterocycles. The molecule has 0 spiro atoms. The molecule has 0 atom stereocenters. The topological polar surface area (TPSA) is 61.8 Å². The number of thiophene rings is 1. The van der Waals surface area contributed by atoms with E-state index in [1.165, 1.54) is 0 Å². The van der Waals surface area contributed by atoms with Gasteiger partial charge in [0.25, 0.3) is 0 Å². The van der Waals surface area contributed by atoms with E-state index in [0.29, 0.717) is 18.0 Å². The maximum absolute atomic E-state index is 12.3. The van der Waals surface area contributed by atoms with E-state index >= 15 is 0 Å². The predicted octanol–water partition coefficient (Wildman–Crippen LogP) is 2.78. The number of aliphatic hydroxyl groups is 1. The molecule has 0 radical (unpaired) electrons. The minimum Gasteiger partial charge on any atom is -0.497 e. The second-order valence-electron chi connectivity index (χ2n) is 4.44. The van der Waals surface area contributed by atoms with Gasteiger partial charge in [0, 0.05) is 24.8 Å². The number of rotatable bonds is 6. The normalized spacial score (nSPS) is 10.2. The number of nitrogens with one attached hydrogen (secondary N) is 1. The van der Waals surface area contributed by atoms with Crippen molar-refractivity contribution >= 4 is 23.1 Å². The molecule has 1 aromatic carbocycles. The molecule has 0 fully saturated rings. The highest BCUT2D eigenvalue weighted by Crippen LogP contribution is 2.17. The van der Waals surface area contributed by atoms with Crippen LogP contribution in [0.2, 0.25) is 0 Å². The first kappa shape index (κ1) is 15.3. The summed E-state index contributed by atoms with van der Waals surface area (Å²) in [5.41, 5.74) is 1.71. The van der Waals surface area contributed by atoms with Gasteiger partial charge in [0.1, 0.15) is 5.75 Å². The second-order valence-corrected chi connectivity index (χ2v) is 5.22. The molecule has 2 N–H and O–H groups in total. The third-order valence-electron chi connectivity index (χ3n) is 2.93. The molecule has 2 rings (SSSR count). The number of anilines is 1. The van der Waals surface area contributed by atoms with Crippen LogP contribution >= 0.6 is 11.3 Å². The third-order valence-corrected chi connectivity index (χ3v) is 3.66. The zero-order valence-corrected chi connectivity index (χ0v) is 12.6. The van der Waals surface area contributed by atoms with Crippen LogP contribution in [0.4, 0.5) is 10.5 Å². The Morgan fingerprint density at radius 2 is 2.29 bits per heavy atom. The van der Waals surface area contributed by atoms with Crippen LogP contribution in [0.25, 0.3) is 0 Å². The number of hydrogen-bond acceptors (Lipinski definition) is 4. The van der Waals surface area contributed by atoms with E-state index in [1.54, 1.807) is 35.5 Å². The summed E-state index contributed by atoms with van der Waals surface area (Å²) in [6, 6.07) is 8.88. The molecule has 0 aliphatic carbocycles. The molecule has 0 aliphatic rings. The molecule has 0 unspecified atom stereocenters.